The highest BCUT2D eigenvalue weighted by molar-refractivity contribution is 7.99. The maximum absolute atomic E-state index is 10.0. The van der Waals surface area contributed by atoms with E-state index in [4.69, 9.17) is 0 Å². The summed E-state index contributed by atoms with van der Waals surface area (Å²) in [4.78, 5) is 3.36. The lowest BCUT2D eigenvalue weighted by atomic mass is 10.1. The summed E-state index contributed by atoms with van der Waals surface area (Å²) in [5, 5.41) is 10.6. The van der Waals surface area contributed by atoms with Gasteiger partial charge in [-0.1, -0.05) is 26.0 Å². The molecule has 0 saturated heterocycles. The summed E-state index contributed by atoms with van der Waals surface area (Å²) in [5.41, 5.74) is 1.01. The van der Waals surface area contributed by atoms with Crippen LogP contribution in [0, 0.1) is 0 Å². The van der Waals surface area contributed by atoms with Gasteiger partial charge in [-0.05, 0) is 38.2 Å². The third-order valence-corrected chi connectivity index (χ3v) is 3.50. The summed E-state index contributed by atoms with van der Waals surface area (Å²) in [6.07, 6.45) is 0.430. The minimum Gasteiger partial charge on any atom is -0.388 e. The van der Waals surface area contributed by atoms with Crippen LogP contribution < -0.4 is 0 Å². The van der Waals surface area contributed by atoms with E-state index in [1.54, 1.807) is 0 Å². The SMILES string of the molecule is CC(C)Sc1ccc(C(O)CCN(C)C)cc1. The molecule has 1 aromatic rings. The van der Waals surface area contributed by atoms with Crippen molar-refractivity contribution < 1.29 is 5.11 Å². The van der Waals surface area contributed by atoms with Crippen molar-refractivity contribution in [2.75, 3.05) is 20.6 Å². The molecule has 0 saturated carbocycles. The molecular weight excluding hydrogens is 230 g/mol. The van der Waals surface area contributed by atoms with Crippen molar-refractivity contribution in [1.82, 2.24) is 4.90 Å². The van der Waals surface area contributed by atoms with Crippen molar-refractivity contribution in [2.45, 2.75) is 36.5 Å². The van der Waals surface area contributed by atoms with Crippen molar-refractivity contribution >= 4 is 11.8 Å². The highest BCUT2D eigenvalue weighted by atomic mass is 32.2. The van der Waals surface area contributed by atoms with Crippen LogP contribution in [0.5, 0.6) is 0 Å². The zero-order valence-corrected chi connectivity index (χ0v) is 12.0. The number of aliphatic hydroxyl groups excluding tert-OH is 1. The molecule has 2 nitrogen and oxygen atoms in total. The molecule has 0 aliphatic heterocycles. The molecule has 0 heterocycles. The normalized spacial score (nSPS) is 13.4. The smallest absolute Gasteiger partial charge is 0.0802 e. The highest BCUT2D eigenvalue weighted by Crippen LogP contribution is 2.25. The Morgan fingerprint density at radius 1 is 1.18 bits per heavy atom. The fraction of sp³-hybridized carbons (Fsp3) is 0.571. The molecule has 96 valence electrons. The third-order valence-electron chi connectivity index (χ3n) is 2.49. The lowest BCUT2D eigenvalue weighted by molar-refractivity contribution is 0.154. The fourth-order valence-electron chi connectivity index (χ4n) is 1.59. The number of rotatable bonds is 6. The molecule has 0 aliphatic rings. The van der Waals surface area contributed by atoms with Gasteiger partial charge in [0.2, 0.25) is 0 Å². The van der Waals surface area contributed by atoms with Crippen molar-refractivity contribution in [3.05, 3.63) is 29.8 Å². The first-order valence-electron chi connectivity index (χ1n) is 6.08. The van der Waals surface area contributed by atoms with E-state index in [1.165, 1.54) is 4.90 Å². The molecule has 3 heteroatoms. The van der Waals surface area contributed by atoms with E-state index in [0.717, 1.165) is 18.5 Å². The Morgan fingerprint density at radius 2 is 1.76 bits per heavy atom. The van der Waals surface area contributed by atoms with Gasteiger partial charge in [-0.25, -0.2) is 0 Å². The van der Waals surface area contributed by atoms with Crippen LogP contribution in [0.2, 0.25) is 0 Å². The van der Waals surface area contributed by atoms with E-state index in [0.29, 0.717) is 5.25 Å². The van der Waals surface area contributed by atoms with Crippen LogP contribution in [0.15, 0.2) is 29.2 Å². The molecule has 1 unspecified atom stereocenters. The summed E-state index contributed by atoms with van der Waals surface area (Å²) in [7, 11) is 4.05. The van der Waals surface area contributed by atoms with Gasteiger partial charge in [0.15, 0.2) is 0 Å². The van der Waals surface area contributed by atoms with Crippen molar-refractivity contribution in [2.24, 2.45) is 0 Å². The van der Waals surface area contributed by atoms with Gasteiger partial charge >= 0.3 is 0 Å². The number of hydrogen-bond donors (Lipinski definition) is 1. The van der Waals surface area contributed by atoms with E-state index >= 15 is 0 Å². The Labute approximate surface area is 109 Å². The second-order valence-corrected chi connectivity index (χ2v) is 6.49. The quantitative estimate of drug-likeness (QED) is 0.788. The second kappa shape index (κ2) is 7.04. The van der Waals surface area contributed by atoms with E-state index < -0.39 is 0 Å². The molecule has 1 rings (SSSR count). The van der Waals surface area contributed by atoms with E-state index in [2.05, 4.69) is 30.9 Å². The van der Waals surface area contributed by atoms with Gasteiger partial charge in [0.05, 0.1) is 6.10 Å². The Bertz CT molecular complexity index is 321. The van der Waals surface area contributed by atoms with Crippen LogP contribution in [0.1, 0.15) is 31.9 Å². The average molecular weight is 253 g/mol. The number of thioether (sulfide) groups is 1. The molecule has 0 amide bonds. The van der Waals surface area contributed by atoms with Gasteiger partial charge in [0.1, 0.15) is 0 Å². The zero-order valence-electron chi connectivity index (χ0n) is 11.2. The third kappa shape index (κ3) is 5.57. The largest absolute Gasteiger partial charge is 0.388 e. The highest BCUT2D eigenvalue weighted by Gasteiger charge is 2.08. The van der Waals surface area contributed by atoms with Crippen LogP contribution in [0.4, 0.5) is 0 Å². The topological polar surface area (TPSA) is 23.5 Å². The van der Waals surface area contributed by atoms with Gasteiger partial charge in [0, 0.05) is 16.7 Å². The first-order valence-corrected chi connectivity index (χ1v) is 6.96. The summed E-state index contributed by atoms with van der Waals surface area (Å²) in [6, 6.07) is 8.26. The Balaban J connectivity index is 2.54. The first kappa shape index (κ1) is 14.6. The molecule has 0 aromatic heterocycles. The Hall–Kier alpha value is -0.510. The van der Waals surface area contributed by atoms with Crippen LogP contribution in [0.25, 0.3) is 0 Å². The fourth-order valence-corrected chi connectivity index (χ4v) is 2.43. The molecule has 0 spiro atoms. The van der Waals surface area contributed by atoms with Crippen molar-refractivity contribution in [1.29, 1.82) is 0 Å². The first-order chi connectivity index (χ1) is 7.99. The predicted octanol–water partition coefficient (Wildman–Crippen LogP) is 3.17. The van der Waals surface area contributed by atoms with Crippen LogP contribution >= 0.6 is 11.8 Å². The molecule has 17 heavy (non-hydrogen) atoms. The minimum atomic E-state index is -0.351. The summed E-state index contributed by atoms with van der Waals surface area (Å²) >= 11 is 1.85. The minimum absolute atomic E-state index is 0.351. The van der Waals surface area contributed by atoms with Crippen LogP contribution in [0.3, 0.4) is 0 Å². The Kier molecular flexibility index (Phi) is 6.03. The lowest BCUT2D eigenvalue weighted by Crippen LogP contribution is -2.15. The molecule has 0 bridgehead atoms. The molecule has 1 aromatic carbocycles. The van der Waals surface area contributed by atoms with Crippen LogP contribution in [-0.2, 0) is 0 Å². The molecular formula is C14H23NOS. The van der Waals surface area contributed by atoms with Crippen LogP contribution in [-0.4, -0.2) is 35.9 Å². The number of aliphatic hydroxyl groups is 1. The van der Waals surface area contributed by atoms with Crippen molar-refractivity contribution in [3.8, 4) is 0 Å². The standard InChI is InChI=1S/C14H23NOS/c1-11(2)17-13-7-5-12(6-8-13)14(16)9-10-15(3)4/h5-8,11,14,16H,9-10H2,1-4H3. The summed E-state index contributed by atoms with van der Waals surface area (Å²) < 4.78 is 0. The van der Waals surface area contributed by atoms with E-state index in [-0.39, 0.29) is 6.10 Å². The van der Waals surface area contributed by atoms with Gasteiger partial charge < -0.3 is 10.0 Å². The van der Waals surface area contributed by atoms with E-state index in [1.807, 2.05) is 38.0 Å². The summed E-state index contributed by atoms with van der Waals surface area (Å²) in [6.45, 7) is 5.28. The Morgan fingerprint density at radius 3 is 2.24 bits per heavy atom. The second-order valence-electron chi connectivity index (χ2n) is 4.84. The van der Waals surface area contributed by atoms with Gasteiger partial charge in [-0.15, -0.1) is 11.8 Å². The molecule has 0 radical (unpaired) electrons. The molecule has 0 fully saturated rings. The van der Waals surface area contributed by atoms with Gasteiger partial charge in [-0.2, -0.15) is 0 Å². The zero-order chi connectivity index (χ0) is 12.8. The maximum atomic E-state index is 10.0. The number of nitrogens with zero attached hydrogens (tertiary/aromatic N) is 1. The number of hydrogen-bond acceptors (Lipinski definition) is 3. The van der Waals surface area contributed by atoms with E-state index in [9.17, 15) is 5.11 Å². The predicted molar refractivity (Wildman–Crippen MR) is 75.6 cm³/mol. The van der Waals surface area contributed by atoms with Gasteiger partial charge in [0.25, 0.3) is 0 Å². The van der Waals surface area contributed by atoms with Crippen molar-refractivity contribution in [3.63, 3.8) is 0 Å². The monoisotopic (exact) mass is 253 g/mol. The maximum Gasteiger partial charge on any atom is 0.0802 e. The average Bonchev–Trinajstić information content (AvgIpc) is 2.26. The molecule has 1 N–H and O–H groups in total. The number of benzene rings is 1. The van der Waals surface area contributed by atoms with Gasteiger partial charge in [-0.3, -0.25) is 0 Å². The molecule has 0 aliphatic carbocycles. The lowest BCUT2D eigenvalue weighted by Gasteiger charge is -2.15. The molecule has 1 atom stereocenters. The summed E-state index contributed by atoms with van der Waals surface area (Å²) in [5.74, 6) is 0.